The summed E-state index contributed by atoms with van der Waals surface area (Å²) in [5.41, 5.74) is 6.43. The van der Waals surface area contributed by atoms with Gasteiger partial charge in [-0.1, -0.05) is 23.7 Å². The van der Waals surface area contributed by atoms with Crippen molar-refractivity contribution in [1.82, 2.24) is 9.88 Å². The van der Waals surface area contributed by atoms with Crippen LogP contribution in [0.15, 0.2) is 48.8 Å². The highest BCUT2D eigenvalue weighted by Crippen LogP contribution is 2.44. The molecule has 0 saturated heterocycles. The van der Waals surface area contributed by atoms with Crippen molar-refractivity contribution < 1.29 is 24.2 Å². The summed E-state index contributed by atoms with van der Waals surface area (Å²) >= 11 is 6.30. The number of esters is 1. The van der Waals surface area contributed by atoms with E-state index < -0.39 is 29.0 Å². The van der Waals surface area contributed by atoms with Crippen molar-refractivity contribution in [2.24, 2.45) is 5.73 Å². The first-order valence-corrected chi connectivity index (χ1v) is 12.5. The molecule has 1 atom stereocenters. The van der Waals surface area contributed by atoms with Gasteiger partial charge in [0, 0.05) is 35.4 Å². The monoisotopic (exact) mass is 515 g/mol. The summed E-state index contributed by atoms with van der Waals surface area (Å²) in [6.45, 7) is 5.47. The molecule has 1 amide bonds. The maximum Gasteiger partial charge on any atom is 0.324 e. The van der Waals surface area contributed by atoms with E-state index in [1.165, 1.54) is 6.20 Å². The molecular formula is C27H34ClN3O5. The van der Waals surface area contributed by atoms with Crippen molar-refractivity contribution in [3.8, 4) is 0 Å². The quantitative estimate of drug-likeness (QED) is 0.505. The third-order valence-corrected chi connectivity index (χ3v) is 6.91. The van der Waals surface area contributed by atoms with Crippen LogP contribution in [-0.2, 0) is 19.7 Å². The van der Waals surface area contributed by atoms with E-state index in [-0.39, 0.29) is 24.9 Å². The lowest BCUT2D eigenvalue weighted by Gasteiger charge is -2.46. The Morgan fingerprint density at radius 3 is 2.47 bits per heavy atom. The van der Waals surface area contributed by atoms with Gasteiger partial charge in [0.05, 0.1) is 12.0 Å². The molecule has 1 unspecified atom stereocenters. The number of hydrogen-bond acceptors (Lipinski definition) is 6. The van der Waals surface area contributed by atoms with Crippen LogP contribution in [0.25, 0.3) is 0 Å². The second kappa shape index (κ2) is 11.4. The van der Waals surface area contributed by atoms with Gasteiger partial charge < -0.3 is 20.5 Å². The lowest BCUT2D eigenvalue weighted by molar-refractivity contribution is -0.159. The smallest absolute Gasteiger partial charge is 0.324 e. The van der Waals surface area contributed by atoms with Crippen molar-refractivity contribution in [1.29, 1.82) is 0 Å². The fraction of sp³-hybridized carbons (Fsp3) is 0.481. The van der Waals surface area contributed by atoms with Crippen LogP contribution in [-0.4, -0.2) is 57.1 Å². The molecule has 1 aromatic heterocycles. The first-order valence-electron chi connectivity index (χ1n) is 12.1. The molecule has 0 radical (unpaired) electrons. The second-order valence-corrected chi connectivity index (χ2v) is 10.7. The number of aromatic nitrogens is 1. The molecule has 1 heterocycles. The second-order valence-electron chi connectivity index (χ2n) is 10.3. The maximum absolute atomic E-state index is 13.3. The molecule has 0 aliphatic heterocycles. The zero-order valence-electron chi connectivity index (χ0n) is 20.9. The number of carboxylic acids is 1. The first-order chi connectivity index (χ1) is 16.9. The van der Waals surface area contributed by atoms with E-state index in [1.54, 1.807) is 50.1 Å². The zero-order chi connectivity index (χ0) is 26.5. The molecule has 2 aromatic rings. The topological polar surface area (TPSA) is 123 Å². The van der Waals surface area contributed by atoms with Gasteiger partial charge in [-0.3, -0.25) is 19.4 Å². The number of ether oxygens (including phenoxy) is 1. The van der Waals surface area contributed by atoms with Crippen LogP contribution in [0.4, 0.5) is 0 Å². The minimum atomic E-state index is -0.977. The van der Waals surface area contributed by atoms with Crippen molar-refractivity contribution >= 4 is 29.4 Å². The number of nitrogens with zero attached hydrogens (tertiary/aromatic N) is 2. The van der Waals surface area contributed by atoms with Crippen molar-refractivity contribution in [2.75, 3.05) is 6.54 Å². The van der Waals surface area contributed by atoms with Gasteiger partial charge in [0.1, 0.15) is 11.6 Å². The Bertz CT molecular complexity index is 1080. The predicted octanol–water partition coefficient (Wildman–Crippen LogP) is 4.20. The number of carboxylic acid groups (broad SMARTS) is 1. The van der Waals surface area contributed by atoms with Gasteiger partial charge in [-0.15, -0.1) is 0 Å². The molecule has 1 aliphatic carbocycles. The van der Waals surface area contributed by atoms with Gasteiger partial charge in [-0.2, -0.15) is 0 Å². The summed E-state index contributed by atoms with van der Waals surface area (Å²) in [5.74, 6) is -1.73. The van der Waals surface area contributed by atoms with E-state index >= 15 is 0 Å². The van der Waals surface area contributed by atoms with E-state index in [4.69, 9.17) is 22.1 Å². The standard InChI is InChI=1S/C27H34ClN3O5/c1-26(2,3)36-25(35)23(29)27(19-7-4-8-20(28)16-19)12-9-21(10-13-27)31(15-11-22(32)33)24(34)18-6-5-14-30-17-18/h4-8,14,16-17,21,23H,9-13,15,29H2,1-3H3,(H,32,33). The Morgan fingerprint density at radius 1 is 1.22 bits per heavy atom. The minimum absolute atomic E-state index is 0.0794. The molecule has 1 saturated carbocycles. The van der Waals surface area contributed by atoms with Gasteiger partial charge >= 0.3 is 11.9 Å². The van der Waals surface area contributed by atoms with Crippen LogP contribution >= 0.6 is 11.6 Å². The number of amides is 1. The molecule has 3 rings (SSSR count). The number of halogens is 1. The van der Waals surface area contributed by atoms with Crippen LogP contribution in [0.2, 0.25) is 5.02 Å². The largest absolute Gasteiger partial charge is 0.481 e. The van der Waals surface area contributed by atoms with Crippen LogP contribution in [0.1, 0.15) is 68.8 Å². The number of nitrogens with two attached hydrogens (primary N) is 1. The molecule has 3 N–H and O–H groups in total. The summed E-state index contributed by atoms with van der Waals surface area (Å²) < 4.78 is 5.63. The number of carbonyl (C=O) groups excluding carboxylic acids is 2. The Balaban J connectivity index is 1.90. The van der Waals surface area contributed by atoms with Crippen LogP contribution in [0.5, 0.6) is 0 Å². The highest BCUT2D eigenvalue weighted by atomic mass is 35.5. The van der Waals surface area contributed by atoms with Crippen LogP contribution in [0, 0.1) is 0 Å². The van der Waals surface area contributed by atoms with Gasteiger partial charge in [-0.05, 0) is 76.3 Å². The maximum atomic E-state index is 13.3. The molecule has 0 spiro atoms. The molecule has 0 bridgehead atoms. The molecular weight excluding hydrogens is 482 g/mol. The number of carbonyl (C=O) groups is 3. The molecule has 1 aromatic carbocycles. The van der Waals surface area contributed by atoms with Crippen molar-refractivity contribution in [3.05, 3.63) is 64.9 Å². The van der Waals surface area contributed by atoms with Gasteiger partial charge in [0.15, 0.2) is 0 Å². The normalized spacial score (nSPS) is 20.9. The Morgan fingerprint density at radius 2 is 1.92 bits per heavy atom. The summed E-state index contributed by atoms with van der Waals surface area (Å²) in [6.07, 6.45) is 4.97. The van der Waals surface area contributed by atoms with Crippen LogP contribution < -0.4 is 5.73 Å². The number of hydrogen-bond donors (Lipinski definition) is 2. The zero-order valence-corrected chi connectivity index (χ0v) is 21.7. The van der Waals surface area contributed by atoms with Crippen molar-refractivity contribution in [2.45, 2.75) is 76.0 Å². The molecule has 194 valence electrons. The van der Waals surface area contributed by atoms with Gasteiger partial charge in [0.25, 0.3) is 5.91 Å². The minimum Gasteiger partial charge on any atom is -0.481 e. The van der Waals surface area contributed by atoms with E-state index in [2.05, 4.69) is 4.98 Å². The molecule has 1 aliphatic rings. The number of pyridine rings is 1. The van der Waals surface area contributed by atoms with Crippen molar-refractivity contribution in [3.63, 3.8) is 0 Å². The van der Waals surface area contributed by atoms with E-state index in [0.29, 0.717) is 36.3 Å². The highest BCUT2D eigenvalue weighted by molar-refractivity contribution is 6.30. The molecule has 1 fully saturated rings. The SMILES string of the molecule is CC(C)(C)OC(=O)C(N)C1(c2cccc(Cl)c2)CCC(N(CCC(=O)O)C(=O)c2cccnc2)CC1. The average molecular weight is 516 g/mol. The van der Waals surface area contributed by atoms with E-state index in [1.807, 2.05) is 18.2 Å². The fourth-order valence-electron chi connectivity index (χ4n) is 4.92. The number of rotatable bonds is 8. The summed E-state index contributed by atoms with van der Waals surface area (Å²) in [7, 11) is 0. The summed E-state index contributed by atoms with van der Waals surface area (Å²) in [5, 5.41) is 9.81. The molecule has 36 heavy (non-hydrogen) atoms. The first kappa shape index (κ1) is 27.6. The number of benzene rings is 1. The Kier molecular flexibility index (Phi) is 8.74. The predicted molar refractivity (Wildman–Crippen MR) is 137 cm³/mol. The summed E-state index contributed by atoms with van der Waals surface area (Å²) in [6, 6.07) is 9.54. The molecule has 8 nitrogen and oxygen atoms in total. The summed E-state index contributed by atoms with van der Waals surface area (Å²) in [4.78, 5) is 43.4. The Hall–Kier alpha value is -2.97. The van der Waals surface area contributed by atoms with E-state index in [0.717, 1.165) is 5.56 Å². The Labute approximate surface area is 216 Å². The number of aliphatic carboxylic acids is 1. The average Bonchev–Trinajstić information content (AvgIpc) is 2.83. The lowest BCUT2D eigenvalue weighted by atomic mass is 9.63. The highest BCUT2D eigenvalue weighted by Gasteiger charge is 2.47. The van der Waals surface area contributed by atoms with Crippen LogP contribution in [0.3, 0.4) is 0 Å². The van der Waals surface area contributed by atoms with E-state index in [9.17, 15) is 19.5 Å². The third kappa shape index (κ3) is 6.62. The lowest BCUT2D eigenvalue weighted by Crippen LogP contribution is -2.56. The van der Waals surface area contributed by atoms with Gasteiger partial charge in [-0.25, -0.2) is 0 Å². The fourth-order valence-corrected chi connectivity index (χ4v) is 5.11. The third-order valence-electron chi connectivity index (χ3n) is 6.68. The van der Waals surface area contributed by atoms with Gasteiger partial charge in [0.2, 0.25) is 0 Å². The molecule has 9 heteroatoms.